The van der Waals surface area contributed by atoms with Crippen molar-refractivity contribution in [3.63, 3.8) is 0 Å². The molecule has 0 fully saturated rings. The van der Waals surface area contributed by atoms with Crippen molar-refractivity contribution in [2.45, 2.75) is 19.5 Å². The van der Waals surface area contributed by atoms with Crippen molar-refractivity contribution < 1.29 is 0 Å². The number of hydrogen-bond acceptors (Lipinski definition) is 3. The van der Waals surface area contributed by atoms with E-state index in [0.717, 1.165) is 12.2 Å². The second-order valence-electron chi connectivity index (χ2n) is 5.07. The van der Waals surface area contributed by atoms with Gasteiger partial charge in [-0.25, -0.2) is 9.67 Å². The van der Waals surface area contributed by atoms with Crippen molar-refractivity contribution in [2.24, 2.45) is 0 Å². The van der Waals surface area contributed by atoms with Gasteiger partial charge in [-0.2, -0.15) is 5.10 Å². The maximum atomic E-state index is 4.13. The van der Waals surface area contributed by atoms with Crippen LogP contribution in [0.25, 0.3) is 0 Å². The fraction of sp³-hybridized carbons (Fsp3) is 0.176. The Morgan fingerprint density at radius 1 is 1.10 bits per heavy atom. The molecule has 0 bridgehead atoms. The molecule has 0 saturated carbocycles. The van der Waals surface area contributed by atoms with E-state index in [1.807, 2.05) is 10.7 Å². The van der Waals surface area contributed by atoms with Gasteiger partial charge < -0.3 is 5.32 Å². The van der Waals surface area contributed by atoms with Crippen molar-refractivity contribution >= 4 is 5.69 Å². The minimum atomic E-state index is 0.271. The summed E-state index contributed by atoms with van der Waals surface area (Å²) in [6.07, 6.45) is 3.28. The van der Waals surface area contributed by atoms with E-state index >= 15 is 0 Å². The number of aromatic nitrogens is 3. The number of nitrogens with zero attached hydrogens (tertiary/aromatic N) is 3. The molecule has 2 aromatic carbocycles. The Kier molecular flexibility index (Phi) is 3.96. The maximum absolute atomic E-state index is 4.13. The molecule has 0 aliphatic rings. The molecule has 3 aromatic rings. The van der Waals surface area contributed by atoms with Gasteiger partial charge in [0.2, 0.25) is 0 Å². The van der Waals surface area contributed by atoms with E-state index in [0.29, 0.717) is 0 Å². The number of rotatable bonds is 5. The minimum absolute atomic E-state index is 0.271. The summed E-state index contributed by atoms with van der Waals surface area (Å²) in [7, 11) is 0. The van der Waals surface area contributed by atoms with E-state index in [-0.39, 0.29) is 6.04 Å². The van der Waals surface area contributed by atoms with Crippen LogP contribution in [0.5, 0.6) is 0 Å². The summed E-state index contributed by atoms with van der Waals surface area (Å²) in [6.45, 7) is 2.90. The van der Waals surface area contributed by atoms with Gasteiger partial charge in [-0.3, -0.25) is 0 Å². The fourth-order valence-electron chi connectivity index (χ4n) is 2.34. The molecule has 0 amide bonds. The van der Waals surface area contributed by atoms with Gasteiger partial charge in [0, 0.05) is 11.7 Å². The van der Waals surface area contributed by atoms with Crippen LogP contribution in [-0.4, -0.2) is 14.8 Å². The van der Waals surface area contributed by atoms with E-state index in [2.05, 4.69) is 70.9 Å². The van der Waals surface area contributed by atoms with Gasteiger partial charge >= 0.3 is 0 Å². The fourth-order valence-corrected chi connectivity index (χ4v) is 2.34. The van der Waals surface area contributed by atoms with Crippen LogP contribution >= 0.6 is 0 Å². The zero-order valence-corrected chi connectivity index (χ0v) is 12.0. The molecule has 1 aromatic heterocycles. The molecule has 0 aliphatic carbocycles. The molecule has 4 nitrogen and oxygen atoms in total. The summed E-state index contributed by atoms with van der Waals surface area (Å²) in [5.41, 5.74) is 3.59. The van der Waals surface area contributed by atoms with Gasteiger partial charge in [-0.15, -0.1) is 0 Å². The van der Waals surface area contributed by atoms with Gasteiger partial charge in [-0.05, 0) is 30.2 Å². The van der Waals surface area contributed by atoms with Crippen molar-refractivity contribution in [1.82, 2.24) is 14.8 Å². The highest BCUT2D eigenvalue weighted by atomic mass is 15.3. The molecule has 0 radical (unpaired) electrons. The number of anilines is 1. The SMILES string of the molecule is CC(Nc1cccc(Cn2cncn2)c1)c1ccccc1. The van der Waals surface area contributed by atoms with E-state index in [9.17, 15) is 0 Å². The molecule has 0 aliphatic heterocycles. The average Bonchev–Trinajstić information content (AvgIpc) is 3.01. The summed E-state index contributed by atoms with van der Waals surface area (Å²) in [5, 5.41) is 7.67. The largest absolute Gasteiger partial charge is 0.379 e. The second kappa shape index (κ2) is 6.22. The third-order valence-corrected chi connectivity index (χ3v) is 3.42. The average molecular weight is 278 g/mol. The molecule has 3 rings (SSSR count). The molecule has 1 N–H and O–H groups in total. The van der Waals surface area contributed by atoms with Gasteiger partial charge in [0.05, 0.1) is 6.54 Å². The lowest BCUT2D eigenvalue weighted by molar-refractivity contribution is 0.685. The first-order valence-electron chi connectivity index (χ1n) is 7.04. The van der Waals surface area contributed by atoms with Gasteiger partial charge in [0.1, 0.15) is 12.7 Å². The van der Waals surface area contributed by atoms with Gasteiger partial charge in [-0.1, -0.05) is 42.5 Å². The monoisotopic (exact) mass is 278 g/mol. The predicted octanol–water partition coefficient (Wildman–Crippen LogP) is 3.50. The van der Waals surface area contributed by atoms with E-state index in [1.54, 1.807) is 12.7 Å². The third-order valence-electron chi connectivity index (χ3n) is 3.42. The van der Waals surface area contributed by atoms with Crippen molar-refractivity contribution in [1.29, 1.82) is 0 Å². The Labute approximate surface area is 124 Å². The molecule has 21 heavy (non-hydrogen) atoms. The van der Waals surface area contributed by atoms with Crippen LogP contribution in [0.4, 0.5) is 5.69 Å². The summed E-state index contributed by atoms with van der Waals surface area (Å²) < 4.78 is 1.82. The molecular formula is C17H18N4. The predicted molar refractivity (Wildman–Crippen MR) is 84.0 cm³/mol. The number of benzene rings is 2. The topological polar surface area (TPSA) is 42.7 Å². The maximum Gasteiger partial charge on any atom is 0.137 e. The van der Waals surface area contributed by atoms with Gasteiger partial charge in [0.15, 0.2) is 0 Å². The van der Waals surface area contributed by atoms with E-state index < -0.39 is 0 Å². The smallest absolute Gasteiger partial charge is 0.137 e. The molecule has 106 valence electrons. The van der Waals surface area contributed by atoms with Crippen LogP contribution in [0.15, 0.2) is 67.3 Å². The van der Waals surface area contributed by atoms with Crippen LogP contribution in [0.2, 0.25) is 0 Å². The van der Waals surface area contributed by atoms with Crippen LogP contribution in [0.3, 0.4) is 0 Å². The van der Waals surface area contributed by atoms with Gasteiger partial charge in [0.25, 0.3) is 0 Å². The minimum Gasteiger partial charge on any atom is -0.379 e. The molecular weight excluding hydrogens is 260 g/mol. The Morgan fingerprint density at radius 3 is 2.71 bits per heavy atom. The van der Waals surface area contributed by atoms with Crippen molar-refractivity contribution in [3.05, 3.63) is 78.4 Å². The molecule has 1 unspecified atom stereocenters. The standard InChI is InChI=1S/C17H18N4/c1-14(16-7-3-2-4-8-16)20-17-9-5-6-15(10-17)11-21-13-18-12-19-21/h2-10,12-14,20H,11H2,1H3. The molecule has 0 spiro atoms. The quantitative estimate of drug-likeness (QED) is 0.776. The molecule has 0 saturated heterocycles. The van der Waals surface area contributed by atoms with E-state index in [4.69, 9.17) is 0 Å². The van der Waals surface area contributed by atoms with Crippen LogP contribution < -0.4 is 5.32 Å². The summed E-state index contributed by atoms with van der Waals surface area (Å²) >= 11 is 0. The zero-order valence-electron chi connectivity index (χ0n) is 12.0. The highest BCUT2D eigenvalue weighted by molar-refractivity contribution is 5.47. The summed E-state index contributed by atoms with van der Waals surface area (Å²) in [6, 6.07) is 19.1. The third kappa shape index (κ3) is 3.48. The zero-order chi connectivity index (χ0) is 14.5. The Morgan fingerprint density at radius 2 is 1.95 bits per heavy atom. The van der Waals surface area contributed by atoms with Crippen LogP contribution in [0, 0.1) is 0 Å². The summed E-state index contributed by atoms with van der Waals surface area (Å²) in [4.78, 5) is 3.97. The molecule has 1 heterocycles. The van der Waals surface area contributed by atoms with Crippen LogP contribution in [-0.2, 0) is 6.54 Å². The van der Waals surface area contributed by atoms with E-state index in [1.165, 1.54) is 11.1 Å². The first kappa shape index (κ1) is 13.4. The first-order chi connectivity index (χ1) is 10.3. The Hall–Kier alpha value is -2.62. The lowest BCUT2D eigenvalue weighted by Gasteiger charge is -2.16. The Bertz CT molecular complexity index is 677. The second-order valence-corrected chi connectivity index (χ2v) is 5.07. The summed E-state index contributed by atoms with van der Waals surface area (Å²) in [5.74, 6) is 0. The normalized spacial score (nSPS) is 12.0. The lowest BCUT2D eigenvalue weighted by Crippen LogP contribution is -2.07. The van der Waals surface area contributed by atoms with Crippen molar-refractivity contribution in [3.8, 4) is 0 Å². The van der Waals surface area contributed by atoms with Crippen LogP contribution in [0.1, 0.15) is 24.1 Å². The highest BCUT2D eigenvalue weighted by Crippen LogP contribution is 2.20. The Balaban J connectivity index is 1.71. The number of hydrogen-bond donors (Lipinski definition) is 1. The first-order valence-corrected chi connectivity index (χ1v) is 7.04. The molecule has 4 heteroatoms. The molecule has 1 atom stereocenters. The number of nitrogens with one attached hydrogen (secondary N) is 1. The van der Waals surface area contributed by atoms with Crippen molar-refractivity contribution in [2.75, 3.05) is 5.32 Å². The highest BCUT2D eigenvalue weighted by Gasteiger charge is 2.05. The lowest BCUT2D eigenvalue weighted by atomic mass is 10.1.